The number of nitrogens with zero attached hydrogens (tertiary/aromatic N) is 6. The van der Waals surface area contributed by atoms with E-state index < -0.39 is 23.8 Å². The number of halogens is 2. The summed E-state index contributed by atoms with van der Waals surface area (Å²) in [5.74, 6) is -1.25. The fraction of sp³-hybridized carbons (Fsp3) is 0.346. The van der Waals surface area contributed by atoms with Crippen LogP contribution in [0.15, 0.2) is 71.9 Å². The second-order valence-corrected chi connectivity index (χ2v) is 9.08. The van der Waals surface area contributed by atoms with Gasteiger partial charge in [0.1, 0.15) is 24.3 Å². The lowest BCUT2D eigenvalue weighted by Gasteiger charge is -2.42. The second-order valence-electron chi connectivity index (χ2n) is 9.08. The van der Waals surface area contributed by atoms with E-state index >= 15 is 0 Å². The molecule has 0 aliphatic carbocycles. The molecule has 0 radical (unpaired) electrons. The SMILES string of the molecule is CC(C(c1ccc(F)cc1F)C(O)n1cncn1)N1CCN(Cc2cnoc2-c2ccccc2)CC1. The lowest BCUT2D eigenvalue weighted by atomic mass is 9.88. The van der Waals surface area contributed by atoms with E-state index in [1.807, 2.05) is 37.3 Å². The smallest absolute Gasteiger partial charge is 0.171 e. The summed E-state index contributed by atoms with van der Waals surface area (Å²) in [5, 5.41) is 19.2. The van der Waals surface area contributed by atoms with Crippen molar-refractivity contribution in [1.29, 1.82) is 0 Å². The molecule has 0 saturated carbocycles. The van der Waals surface area contributed by atoms with Crippen LogP contribution in [0.3, 0.4) is 0 Å². The lowest BCUT2D eigenvalue weighted by Crippen LogP contribution is -2.51. The Kier molecular flexibility index (Phi) is 7.17. The molecule has 1 fully saturated rings. The molecule has 2 aromatic heterocycles. The van der Waals surface area contributed by atoms with Crippen LogP contribution < -0.4 is 0 Å². The van der Waals surface area contributed by atoms with Gasteiger partial charge in [-0.3, -0.25) is 9.80 Å². The zero-order chi connectivity index (χ0) is 25.1. The van der Waals surface area contributed by atoms with Crippen molar-refractivity contribution in [3.63, 3.8) is 0 Å². The Bertz CT molecular complexity index is 1260. The molecule has 0 spiro atoms. The van der Waals surface area contributed by atoms with Gasteiger partial charge >= 0.3 is 0 Å². The average molecular weight is 495 g/mol. The molecule has 1 N–H and O–H groups in total. The van der Waals surface area contributed by atoms with Crippen molar-refractivity contribution < 1.29 is 18.4 Å². The topological polar surface area (TPSA) is 83.5 Å². The van der Waals surface area contributed by atoms with Crippen LogP contribution in [-0.4, -0.2) is 67.0 Å². The van der Waals surface area contributed by atoms with Gasteiger partial charge in [0.2, 0.25) is 0 Å². The number of hydrogen-bond acceptors (Lipinski definition) is 7. The first-order chi connectivity index (χ1) is 17.5. The molecule has 0 amide bonds. The minimum atomic E-state index is -1.16. The minimum Gasteiger partial charge on any atom is -0.371 e. The van der Waals surface area contributed by atoms with Crippen molar-refractivity contribution in [1.82, 2.24) is 29.7 Å². The summed E-state index contributed by atoms with van der Waals surface area (Å²) in [7, 11) is 0. The monoisotopic (exact) mass is 494 g/mol. The Labute approximate surface area is 207 Å². The second kappa shape index (κ2) is 10.7. The first-order valence-electron chi connectivity index (χ1n) is 11.9. The van der Waals surface area contributed by atoms with Gasteiger partial charge in [-0.25, -0.2) is 18.4 Å². The molecule has 0 bridgehead atoms. The Balaban J connectivity index is 1.29. The summed E-state index contributed by atoms with van der Waals surface area (Å²) in [6.07, 6.45) is 3.32. The highest BCUT2D eigenvalue weighted by atomic mass is 19.1. The summed E-state index contributed by atoms with van der Waals surface area (Å²) >= 11 is 0. The average Bonchev–Trinajstić information content (AvgIpc) is 3.59. The van der Waals surface area contributed by atoms with E-state index in [1.165, 1.54) is 29.5 Å². The van der Waals surface area contributed by atoms with Crippen molar-refractivity contribution in [2.45, 2.75) is 31.7 Å². The Morgan fingerprint density at radius 2 is 1.83 bits per heavy atom. The van der Waals surface area contributed by atoms with Gasteiger partial charge in [-0.05, 0) is 18.6 Å². The molecule has 1 aliphatic rings. The van der Waals surface area contributed by atoms with E-state index in [2.05, 4.69) is 25.0 Å². The molecule has 188 valence electrons. The quantitative estimate of drug-likeness (QED) is 0.400. The predicted molar refractivity (Wildman–Crippen MR) is 129 cm³/mol. The predicted octanol–water partition coefficient (Wildman–Crippen LogP) is 3.69. The van der Waals surface area contributed by atoms with Gasteiger partial charge in [-0.15, -0.1) is 0 Å². The molecule has 1 saturated heterocycles. The van der Waals surface area contributed by atoms with Gasteiger partial charge < -0.3 is 9.63 Å². The van der Waals surface area contributed by atoms with E-state index in [4.69, 9.17) is 4.52 Å². The van der Waals surface area contributed by atoms with Crippen LogP contribution in [0, 0.1) is 11.6 Å². The van der Waals surface area contributed by atoms with E-state index in [-0.39, 0.29) is 11.6 Å². The Morgan fingerprint density at radius 3 is 2.53 bits per heavy atom. The maximum Gasteiger partial charge on any atom is 0.171 e. The summed E-state index contributed by atoms with van der Waals surface area (Å²) in [4.78, 5) is 8.45. The zero-order valence-electron chi connectivity index (χ0n) is 19.9. The molecule has 10 heteroatoms. The molecule has 3 unspecified atom stereocenters. The zero-order valence-corrected chi connectivity index (χ0v) is 19.9. The molecule has 4 aromatic rings. The Hall–Kier alpha value is -3.47. The molecule has 36 heavy (non-hydrogen) atoms. The van der Waals surface area contributed by atoms with E-state index in [0.717, 1.165) is 49.1 Å². The van der Waals surface area contributed by atoms with Crippen LogP contribution in [0.2, 0.25) is 0 Å². The number of piperazine rings is 1. The van der Waals surface area contributed by atoms with Gasteiger partial charge in [0.15, 0.2) is 12.0 Å². The first-order valence-corrected chi connectivity index (χ1v) is 11.9. The van der Waals surface area contributed by atoms with Crippen LogP contribution in [0.1, 0.15) is 30.2 Å². The third kappa shape index (κ3) is 5.06. The van der Waals surface area contributed by atoms with Gasteiger partial charge in [-0.2, -0.15) is 5.10 Å². The summed E-state index contributed by atoms with van der Waals surface area (Å²) in [5.41, 5.74) is 2.25. The highest BCUT2D eigenvalue weighted by Crippen LogP contribution is 2.35. The number of aliphatic hydroxyl groups excluding tert-OH is 1. The molecule has 8 nitrogen and oxygen atoms in total. The maximum absolute atomic E-state index is 14.8. The maximum atomic E-state index is 14.8. The van der Waals surface area contributed by atoms with Crippen LogP contribution in [0.5, 0.6) is 0 Å². The Morgan fingerprint density at radius 1 is 1.06 bits per heavy atom. The van der Waals surface area contributed by atoms with Crippen molar-refractivity contribution in [3.8, 4) is 11.3 Å². The van der Waals surface area contributed by atoms with Gasteiger partial charge in [-0.1, -0.05) is 41.6 Å². The van der Waals surface area contributed by atoms with Gasteiger partial charge in [0, 0.05) is 61.9 Å². The largest absolute Gasteiger partial charge is 0.371 e. The molecule has 2 aromatic carbocycles. The fourth-order valence-corrected chi connectivity index (χ4v) is 4.96. The van der Waals surface area contributed by atoms with Crippen LogP contribution >= 0.6 is 0 Å². The fourth-order valence-electron chi connectivity index (χ4n) is 4.96. The minimum absolute atomic E-state index is 0.242. The summed E-state index contributed by atoms with van der Waals surface area (Å²) < 4.78 is 35.3. The van der Waals surface area contributed by atoms with Crippen molar-refractivity contribution >= 4 is 0 Å². The molecular formula is C26H28F2N6O2. The van der Waals surface area contributed by atoms with Gasteiger partial charge in [0.25, 0.3) is 0 Å². The number of benzene rings is 2. The molecule has 5 rings (SSSR count). The summed E-state index contributed by atoms with van der Waals surface area (Å²) in [6.45, 7) is 5.65. The normalized spacial score (nSPS) is 17.7. The van der Waals surface area contributed by atoms with Crippen LogP contribution in [0.4, 0.5) is 8.78 Å². The van der Waals surface area contributed by atoms with Crippen molar-refractivity contribution in [2.75, 3.05) is 26.2 Å². The van der Waals surface area contributed by atoms with Crippen LogP contribution in [-0.2, 0) is 6.54 Å². The molecular weight excluding hydrogens is 466 g/mol. The van der Waals surface area contributed by atoms with Crippen molar-refractivity contribution in [2.24, 2.45) is 0 Å². The highest BCUT2D eigenvalue weighted by Gasteiger charge is 2.35. The molecule has 1 aliphatic heterocycles. The standard InChI is InChI=1S/C26H28F2N6O2/c1-18(24(26(35)34-17-29-16-30-34)22-8-7-21(27)13-23(22)28)33-11-9-32(10-12-33)15-20-14-31-36-25(20)19-5-3-2-4-6-19/h2-8,13-14,16-18,24,26,35H,9-12,15H2,1H3. The summed E-state index contributed by atoms with van der Waals surface area (Å²) in [6, 6.07) is 13.1. The van der Waals surface area contributed by atoms with E-state index in [9.17, 15) is 13.9 Å². The van der Waals surface area contributed by atoms with Crippen LogP contribution in [0.25, 0.3) is 11.3 Å². The molecule has 3 atom stereocenters. The highest BCUT2D eigenvalue weighted by molar-refractivity contribution is 5.60. The number of rotatable bonds is 8. The van der Waals surface area contributed by atoms with Gasteiger partial charge in [0.05, 0.1) is 6.20 Å². The van der Waals surface area contributed by atoms with Crippen molar-refractivity contribution in [3.05, 3.63) is 90.1 Å². The van der Waals surface area contributed by atoms with E-state index in [0.29, 0.717) is 6.54 Å². The third-order valence-corrected chi connectivity index (χ3v) is 6.93. The third-order valence-electron chi connectivity index (χ3n) is 6.93. The number of aliphatic hydroxyl groups is 1. The number of hydrogen-bond donors (Lipinski definition) is 1. The molecule has 3 heterocycles. The number of aromatic nitrogens is 4. The first kappa shape index (κ1) is 24.2. The van der Waals surface area contributed by atoms with E-state index in [1.54, 1.807) is 6.20 Å². The lowest BCUT2D eigenvalue weighted by molar-refractivity contribution is 0.00684.